The Kier molecular flexibility index (Phi) is 6.35. The minimum Gasteiger partial charge on any atom is -0.378 e. The van der Waals surface area contributed by atoms with Crippen molar-refractivity contribution in [3.63, 3.8) is 0 Å². The fourth-order valence-corrected chi connectivity index (χ4v) is 3.26. The van der Waals surface area contributed by atoms with Crippen LogP contribution in [0.4, 0.5) is 13.2 Å². The number of morpholine rings is 1. The first kappa shape index (κ1) is 20.3. The van der Waals surface area contributed by atoms with Gasteiger partial charge in [0.1, 0.15) is 0 Å². The van der Waals surface area contributed by atoms with Crippen molar-refractivity contribution in [1.82, 2.24) is 15.1 Å². The zero-order valence-electron chi connectivity index (χ0n) is 15.2. The zero-order chi connectivity index (χ0) is 20.1. The van der Waals surface area contributed by atoms with E-state index in [1.165, 1.54) is 24.3 Å². The number of carbonyl (C=O) groups excluding carboxylic acids is 2. The van der Waals surface area contributed by atoms with E-state index in [9.17, 15) is 22.8 Å². The molecule has 2 heterocycles. The number of amides is 2. The Labute approximate surface area is 160 Å². The number of nitrogens with zero attached hydrogens (tertiary/aromatic N) is 2. The number of alkyl halides is 3. The van der Waals surface area contributed by atoms with Gasteiger partial charge in [-0.3, -0.25) is 14.5 Å². The van der Waals surface area contributed by atoms with E-state index >= 15 is 0 Å². The van der Waals surface area contributed by atoms with Crippen molar-refractivity contribution in [2.45, 2.75) is 12.2 Å². The van der Waals surface area contributed by atoms with Gasteiger partial charge in [-0.2, -0.15) is 13.2 Å². The smallest absolute Gasteiger partial charge is 0.378 e. The number of hydrogen-bond donors (Lipinski definition) is 1. The van der Waals surface area contributed by atoms with E-state index in [2.05, 4.69) is 10.2 Å². The summed E-state index contributed by atoms with van der Waals surface area (Å²) in [6.07, 6.45) is -1.80. The van der Waals surface area contributed by atoms with Gasteiger partial charge in [0.15, 0.2) is 0 Å². The highest BCUT2D eigenvalue weighted by Crippen LogP contribution is 2.29. The Morgan fingerprint density at radius 3 is 2.64 bits per heavy atom. The molecule has 1 aromatic carbocycles. The number of benzene rings is 1. The van der Waals surface area contributed by atoms with Crippen LogP contribution in [0, 0.1) is 0 Å². The van der Waals surface area contributed by atoms with E-state index in [-0.39, 0.29) is 18.5 Å². The maximum Gasteiger partial charge on any atom is 0.416 e. The maximum atomic E-state index is 12.5. The van der Waals surface area contributed by atoms with Crippen molar-refractivity contribution in [1.29, 1.82) is 0 Å². The van der Waals surface area contributed by atoms with E-state index in [0.29, 0.717) is 31.9 Å². The number of rotatable bonds is 4. The molecule has 2 saturated heterocycles. The average molecular weight is 397 g/mol. The standard InChI is InChI=1S/C19H22F3N3O3/c20-19(21,22)15-4-1-14(2-5-15)3-6-17(26)23-11-18(27)25-8-7-24-9-10-28-13-16(24)12-25/h1-6,16H,7-13H2,(H,23,26)/b6-3+. The summed E-state index contributed by atoms with van der Waals surface area (Å²) in [6, 6.07) is 4.67. The number of carbonyl (C=O) groups is 2. The minimum atomic E-state index is -4.39. The number of nitrogens with one attached hydrogen (secondary N) is 1. The molecule has 0 bridgehead atoms. The highest BCUT2D eigenvalue weighted by Gasteiger charge is 2.31. The quantitative estimate of drug-likeness (QED) is 0.780. The Morgan fingerprint density at radius 2 is 1.93 bits per heavy atom. The van der Waals surface area contributed by atoms with Crippen LogP contribution in [0.1, 0.15) is 11.1 Å². The van der Waals surface area contributed by atoms with Gasteiger partial charge in [-0.25, -0.2) is 0 Å². The molecule has 3 rings (SSSR count). The molecule has 2 amide bonds. The SMILES string of the molecule is O=C(/C=C/c1ccc(C(F)(F)F)cc1)NCC(=O)N1CCN2CCOCC2C1. The molecule has 0 spiro atoms. The molecule has 0 saturated carbocycles. The Morgan fingerprint density at radius 1 is 1.18 bits per heavy atom. The molecule has 2 fully saturated rings. The van der Waals surface area contributed by atoms with Crippen molar-refractivity contribution >= 4 is 17.9 Å². The van der Waals surface area contributed by atoms with Crippen molar-refractivity contribution < 1.29 is 27.5 Å². The molecular formula is C19H22F3N3O3. The fourth-order valence-electron chi connectivity index (χ4n) is 3.26. The van der Waals surface area contributed by atoms with Gasteiger partial charge < -0.3 is 15.0 Å². The molecule has 0 radical (unpaired) electrons. The molecule has 1 unspecified atom stereocenters. The minimum absolute atomic E-state index is 0.121. The molecule has 0 aromatic heterocycles. The third-order valence-electron chi connectivity index (χ3n) is 4.87. The lowest BCUT2D eigenvalue weighted by molar-refractivity contribution is -0.138. The molecule has 0 aliphatic carbocycles. The van der Waals surface area contributed by atoms with Crippen molar-refractivity contribution in [3.05, 3.63) is 41.5 Å². The van der Waals surface area contributed by atoms with E-state index in [1.54, 1.807) is 4.90 Å². The number of ether oxygens (including phenoxy) is 1. The predicted octanol–water partition coefficient (Wildman–Crippen LogP) is 1.38. The second kappa shape index (κ2) is 8.74. The second-order valence-electron chi connectivity index (χ2n) is 6.78. The van der Waals surface area contributed by atoms with Crippen LogP contribution < -0.4 is 5.32 Å². The summed E-state index contributed by atoms with van der Waals surface area (Å²) in [5, 5.41) is 2.52. The van der Waals surface area contributed by atoms with Gasteiger partial charge in [0, 0.05) is 32.3 Å². The second-order valence-corrected chi connectivity index (χ2v) is 6.78. The van der Waals surface area contributed by atoms with E-state index in [4.69, 9.17) is 4.74 Å². The van der Waals surface area contributed by atoms with Crippen molar-refractivity contribution in [2.24, 2.45) is 0 Å². The first-order valence-corrected chi connectivity index (χ1v) is 9.05. The van der Waals surface area contributed by atoms with Crippen LogP contribution in [0.15, 0.2) is 30.3 Å². The normalized spacial score (nSPS) is 20.8. The van der Waals surface area contributed by atoms with Crippen LogP contribution in [0.2, 0.25) is 0 Å². The summed E-state index contributed by atoms with van der Waals surface area (Å²) < 4.78 is 43.0. The van der Waals surface area contributed by atoms with Crippen LogP contribution in [0.3, 0.4) is 0 Å². The van der Waals surface area contributed by atoms with Gasteiger partial charge in [0.2, 0.25) is 11.8 Å². The largest absolute Gasteiger partial charge is 0.416 e. The summed E-state index contributed by atoms with van der Waals surface area (Å²) in [5.74, 6) is -0.644. The average Bonchev–Trinajstić information content (AvgIpc) is 2.69. The topological polar surface area (TPSA) is 61.9 Å². The highest BCUT2D eigenvalue weighted by molar-refractivity contribution is 5.94. The van der Waals surface area contributed by atoms with Gasteiger partial charge in [-0.15, -0.1) is 0 Å². The Hall–Kier alpha value is -2.39. The van der Waals surface area contributed by atoms with Crippen molar-refractivity contribution in [3.8, 4) is 0 Å². The molecule has 28 heavy (non-hydrogen) atoms. The summed E-state index contributed by atoms with van der Waals surface area (Å²) in [7, 11) is 0. The molecule has 1 N–H and O–H groups in total. The van der Waals surface area contributed by atoms with E-state index < -0.39 is 17.6 Å². The third-order valence-corrected chi connectivity index (χ3v) is 4.87. The number of fused-ring (bicyclic) bond motifs is 1. The molecule has 1 atom stereocenters. The van der Waals surface area contributed by atoms with Crippen LogP contribution in [-0.4, -0.2) is 73.6 Å². The number of piperazine rings is 1. The van der Waals surface area contributed by atoms with Gasteiger partial charge in [-0.1, -0.05) is 12.1 Å². The zero-order valence-corrected chi connectivity index (χ0v) is 15.2. The summed E-state index contributed by atoms with van der Waals surface area (Å²) in [4.78, 5) is 28.2. The lowest BCUT2D eigenvalue weighted by Crippen LogP contribution is -2.60. The lowest BCUT2D eigenvalue weighted by Gasteiger charge is -2.43. The van der Waals surface area contributed by atoms with Gasteiger partial charge in [0.05, 0.1) is 31.4 Å². The summed E-state index contributed by atoms with van der Waals surface area (Å²) in [6.45, 7) is 4.06. The van der Waals surface area contributed by atoms with E-state index in [1.807, 2.05) is 0 Å². The van der Waals surface area contributed by atoms with Crippen LogP contribution in [0.25, 0.3) is 6.08 Å². The molecular weight excluding hydrogens is 375 g/mol. The van der Waals surface area contributed by atoms with Crippen LogP contribution in [0.5, 0.6) is 0 Å². The number of hydrogen-bond acceptors (Lipinski definition) is 4. The summed E-state index contributed by atoms with van der Waals surface area (Å²) in [5.41, 5.74) is -0.286. The molecule has 1 aromatic rings. The Bertz CT molecular complexity index is 734. The third kappa shape index (κ3) is 5.32. The van der Waals surface area contributed by atoms with E-state index in [0.717, 1.165) is 25.2 Å². The molecule has 2 aliphatic rings. The Balaban J connectivity index is 1.44. The molecule has 9 heteroatoms. The first-order valence-electron chi connectivity index (χ1n) is 9.05. The van der Waals surface area contributed by atoms with Gasteiger partial charge in [0.25, 0.3) is 0 Å². The summed E-state index contributed by atoms with van der Waals surface area (Å²) >= 11 is 0. The predicted molar refractivity (Wildman–Crippen MR) is 96.2 cm³/mol. The maximum absolute atomic E-state index is 12.5. The van der Waals surface area contributed by atoms with Crippen LogP contribution in [-0.2, 0) is 20.5 Å². The number of halogens is 3. The van der Waals surface area contributed by atoms with Gasteiger partial charge >= 0.3 is 6.18 Å². The van der Waals surface area contributed by atoms with Gasteiger partial charge in [-0.05, 0) is 23.8 Å². The molecule has 6 nitrogen and oxygen atoms in total. The monoisotopic (exact) mass is 397 g/mol. The lowest BCUT2D eigenvalue weighted by atomic mass is 10.1. The van der Waals surface area contributed by atoms with Crippen LogP contribution >= 0.6 is 0 Å². The van der Waals surface area contributed by atoms with Crippen molar-refractivity contribution in [2.75, 3.05) is 45.9 Å². The highest BCUT2D eigenvalue weighted by atomic mass is 19.4. The molecule has 2 aliphatic heterocycles. The first-order chi connectivity index (χ1) is 13.3. The fraction of sp³-hybridized carbons (Fsp3) is 0.474. The molecule has 152 valence electrons.